The van der Waals surface area contributed by atoms with Crippen LogP contribution in [0.1, 0.15) is 31.7 Å². The summed E-state index contributed by atoms with van der Waals surface area (Å²) in [5.74, 6) is -0.887. The highest BCUT2D eigenvalue weighted by atomic mass is 16.5. The summed E-state index contributed by atoms with van der Waals surface area (Å²) in [6.07, 6.45) is 2.63. The van der Waals surface area contributed by atoms with Gasteiger partial charge in [-0.2, -0.15) is 0 Å². The average molecular weight is 399 g/mol. The Bertz CT molecular complexity index is 842. The second-order valence-corrected chi connectivity index (χ2v) is 8.00. The van der Waals surface area contributed by atoms with Gasteiger partial charge in [-0.15, -0.1) is 0 Å². The highest BCUT2D eigenvalue weighted by Gasteiger charge is 2.62. The number of carbonyl (C=O) groups is 4. The van der Waals surface area contributed by atoms with E-state index in [0.717, 1.165) is 18.4 Å². The van der Waals surface area contributed by atoms with Crippen molar-refractivity contribution in [1.29, 1.82) is 0 Å². The maximum Gasteiger partial charge on any atom is 0.325 e. The molecule has 8 heteroatoms. The number of nitrogens with zero attached hydrogens (tertiary/aromatic N) is 2. The van der Waals surface area contributed by atoms with Crippen molar-refractivity contribution in [2.45, 2.75) is 44.7 Å². The SMILES string of the molecule is CCOC(=O)[C@@]1(Cc2ccccc2)C[C@H]2CC[C@@H]1N2C(=O)CN1CC(=O)NC1=O. The monoisotopic (exact) mass is 399 g/mol. The van der Waals surface area contributed by atoms with Gasteiger partial charge in [0.15, 0.2) is 0 Å². The zero-order valence-corrected chi connectivity index (χ0v) is 16.4. The lowest BCUT2D eigenvalue weighted by Gasteiger charge is -2.35. The van der Waals surface area contributed by atoms with Crippen LogP contribution in [0.3, 0.4) is 0 Å². The maximum atomic E-state index is 13.1. The minimum atomic E-state index is -0.779. The van der Waals surface area contributed by atoms with Crippen LogP contribution in [0.2, 0.25) is 0 Å². The molecule has 0 saturated carbocycles. The Morgan fingerprint density at radius 2 is 1.97 bits per heavy atom. The van der Waals surface area contributed by atoms with Gasteiger partial charge in [0.05, 0.1) is 12.0 Å². The molecule has 0 unspecified atom stereocenters. The molecule has 4 amide bonds. The van der Waals surface area contributed by atoms with Gasteiger partial charge in [-0.25, -0.2) is 4.79 Å². The molecule has 29 heavy (non-hydrogen) atoms. The number of carbonyl (C=O) groups excluding carboxylic acids is 4. The van der Waals surface area contributed by atoms with E-state index >= 15 is 0 Å². The van der Waals surface area contributed by atoms with Crippen LogP contribution in [0.25, 0.3) is 0 Å². The van der Waals surface area contributed by atoms with Gasteiger partial charge < -0.3 is 14.5 Å². The molecule has 154 valence electrons. The number of amides is 4. The van der Waals surface area contributed by atoms with Crippen LogP contribution in [0.15, 0.2) is 30.3 Å². The summed E-state index contributed by atoms with van der Waals surface area (Å²) in [6.45, 7) is 1.81. The lowest BCUT2D eigenvalue weighted by atomic mass is 9.70. The van der Waals surface area contributed by atoms with Gasteiger partial charge in [0.25, 0.3) is 0 Å². The fraction of sp³-hybridized carbons (Fsp3) is 0.524. The molecular weight excluding hydrogens is 374 g/mol. The Hall–Kier alpha value is -2.90. The number of fused-ring (bicyclic) bond motifs is 2. The second kappa shape index (κ2) is 7.50. The normalized spacial score (nSPS) is 28.0. The summed E-state index contributed by atoms with van der Waals surface area (Å²) in [4.78, 5) is 52.4. The fourth-order valence-corrected chi connectivity index (χ4v) is 5.13. The number of nitrogens with one attached hydrogen (secondary N) is 1. The molecule has 3 atom stereocenters. The van der Waals surface area contributed by atoms with Crippen molar-refractivity contribution in [2.24, 2.45) is 5.41 Å². The third kappa shape index (κ3) is 3.36. The molecule has 0 radical (unpaired) electrons. The van der Waals surface area contributed by atoms with Crippen LogP contribution in [0.4, 0.5) is 4.79 Å². The fourth-order valence-electron chi connectivity index (χ4n) is 5.13. The number of hydrogen-bond donors (Lipinski definition) is 1. The van der Waals surface area contributed by atoms with E-state index in [4.69, 9.17) is 4.74 Å². The quantitative estimate of drug-likeness (QED) is 0.571. The largest absolute Gasteiger partial charge is 0.465 e. The highest BCUT2D eigenvalue weighted by Crippen LogP contribution is 2.52. The zero-order chi connectivity index (χ0) is 20.6. The molecule has 4 rings (SSSR count). The van der Waals surface area contributed by atoms with Gasteiger partial charge in [0.1, 0.15) is 13.1 Å². The van der Waals surface area contributed by atoms with E-state index in [2.05, 4.69) is 5.32 Å². The van der Waals surface area contributed by atoms with Crippen molar-refractivity contribution >= 4 is 23.8 Å². The Kier molecular flexibility index (Phi) is 5.02. The minimum Gasteiger partial charge on any atom is -0.465 e. The van der Waals surface area contributed by atoms with E-state index in [1.54, 1.807) is 11.8 Å². The van der Waals surface area contributed by atoms with E-state index in [1.807, 2.05) is 30.3 Å². The minimum absolute atomic E-state index is 0.0537. The topological polar surface area (TPSA) is 96.0 Å². The predicted octanol–water partition coefficient (Wildman–Crippen LogP) is 1.09. The first-order chi connectivity index (χ1) is 13.9. The van der Waals surface area contributed by atoms with Crippen molar-refractivity contribution in [3.8, 4) is 0 Å². The van der Waals surface area contributed by atoms with Crippen LogP contribution in [0, 0.1) is 5.41 Å². The van der Waals surface area contributed by atoms with Crippen LogP contribution < -0.4 is 5.32 Å². The van der Waals surface area contributed by atoms with Crippen molar-refractivity contribution in [3.63, 3.8) is 0 Å². The van der Waals surface area contributed by atoms with Crippen molar-refractivity contribution in [3.05, 3.63) is 35.9 Å². The van der Waals surface area contributed by atoms with E-state index in [9.17, 15) is 19.2 Å². The summed E-state index contributed by atoms with van der Waals surface area (Å²) in [5, 5.41) is 2.19. The molecule has 1 N–H and O–H groups in total. The number of esters is 1. The molecule has 2 bridgehead atoms. The molecule has 0 spiro atoms. The predicted molar refractivity (Wildman–Crippen MR) is 103 cm³/mol. The number of rotatable bonds is 6. The summed E-state index contributed by atoms with van der Waals surface area (Å²) in [7, 11) is 0. The van der Waals surface area contributed by atoms with E-state index < -0.39 is 17.4 Å². The van der Waals surface area contributed by atoms with Gasteiger partial charge >= 0.3 is 12.0 Å². The van der Waals surface area contributed by atoms with Crippen molar-refractivity contribution < 1.29 is 23.9 Å². The van der Waals surface area contributed by atoms with Gasteiger partial charge in [0, 0.05) is 12.1 Å². The van der Waals surface area contributed by atoms with Gasteiger partial charge in [-0.05, 0) is 38.2 Å². The first-order valence-electron chi connectivity index (χ1n) is 10.1. The third-order valence-electron chi connectivity index (χ3n) is 6.27. The number of hydrogen-bond acceptors (Lipinski definition) is 5. The summed E-state index contributed by atoms with van der Waals surface area (Å²) < 4.78 is 5.45. The maximum absolute atomic E-state index is 13.1. The number of benzene rings is 1. The van der Waals surface area contributed by atoms with Gasteiger partial charge in [0.2, 0.25) is 11.8 Å². The van der Waals surface area contributed by atoms with Crippen molar-refractivity contribution in [1.82, 2.24) is 15.1 Å². The molecular formula is C21H25N3O5. The highest BCUT2D eigenvalue weighted by molar-refractivity contribution is 6.03. The summed E-state index contributed by atoms with van der Waals surface area (Å²) in [5.41, 5.74) is 0.254. The number of ether oxygens (including phenoxy) is 1. The molecule has 3 aliphatic rings. The smallest absolute Gasteiger partial charge is 0.325 e. The molecule has 0 aromatic heterocycles. The lowest BCUT2D eigenvalue weighted by Crippen LogP contribution is -2.49. The van der Waals surface area contributed by atoms with Crippen LogP contribution in [-0.4, -0.2) is 65.4 Å². The van der Waals surface area contributed by atoms with Crippen LogP contribution in [0.5, 0.6) is 0 Å². The van der Waals surface area contributed by atoms with Crippen LogP contribution >= 0.6 is 0 Å². The first-order valence-corrected chi connectivity index (χ1v) is 10.1. The average Bonchev–Trinajstić information content (AvgIpc) is 3.34. The van der Waals surface area contributed by atoms with Crippen molar-refractivity contribution in [2.75, 3.05) is 19.7 Å². The lowest BCUT2D eigenvalue weighted by molar-refractivity contribution is -0.158. The van der Waals surface area contributed by atoms with Gasteiger partial charge in [-0.3, -0.25) is 19.7 Å². The Morgan fingerprint density at radius 1 is 1.21 bits per heavy atom. The van der Waals surface area contributed by atoms with E-state index in [0.29, 0.717) is 12.8 Å². The zero-order valence-electron chi connectivity index (χ0n) is 16.4. The molecule has 0 aliphatic carbocycles. The molecule has 3 heterocycles. The second-order valence-electron chi connectivity index (χ2n) is 8.00. The number of urea groups is 1. The molecule has 3 fully saturated rings. The van der Waals surface area contributed by atoms with Crippen LogP contribution in [-0.2, 0) is 25.5 Å². The molecule has 3 aliphatic heterocycles. The number of imide groups is 1. The molecule has 3 saturated heterocycles. The summed E-state index contributed by atoms with van der Waals surface area (Å²) in [6, 6.07) is 8.91. The Balaban J connectivity index is 1.58. The standard InChI is InChI=1S/C21H25N3O5/c1-2-29-19(27)21(10-14-6-4-3-5-7-14)11-15-8-9-16(21)24(15)18(26)13-23-12-17(25)22-20(23)28/h3-7,15-16H,2,8-13H2,1H3,(H,22,25,28)/t15-,16+,21+/m1/s1. The Labute approximate surface area is 169 Å². The summed E-state index contributed by atoms with van der Waals surface area (Å²) >= 11 is 0. The van der Waals surface area contributed by atoms with E-state index in [1.165, 1.54) is 4.90 Å². The Morgan fingerprint density at radius 3 is 2.62 bits per heavy atom. The van der Waals surface area contributed by atoms with Gasteiger partial charge in [-0.1, -0.05) is 30.3 Å². The molecule has 8 nitrogen and oxygen atoms in total. The molecule has 1 aromatic carbocycles. The molecule has 1 aromatic rings. The van der Waals surface area contributed by atoms with E-state index in [-0.39, 0.29) is 43.7 Å². The first kappa shape index (κ1) is 19.4. The third-order valence-corrected chi connectivity index (χ3v) is 6.27.